The molecule has 0 spiro atoms. The number of sulfonamides is 1. The molecule has 1 atom stereocenters. The molecule has 118 valence electrons. The van der Waals surface area contributed by atoms with Gasteiger partial charge in [0.15, 0.2) is 0 Å². The van der Waals surface area contributed by atoms with Gasteiger partial charge in [0.05, 0.1) is 4.90 Å². The van der Waals surface area contributed by atoms with Gasteiger partial charge in [-0.25, -0.2) is 8.42 Å². The summed E-state index contributed by atoms with van der Waals surface area (Å²) in [5.41, 5.74) is 0. The molecule has 7 heteroatoms. The number of halogens is 1. The van der Waals surface area contributed by atoms with Crippen molar-refractivity contribution >= 4 is 33.4 Å². The topological polar surface area (TPSA) is 40.6 Å². The lowest BCUT2D eigenvalue weighted by Crippen LogP contribution is -2.46. The van der Waals surface area contributed by atoms with E-state index < -0.39 is 10.0 Å². The van der Waals surface area contributed by atoms with Crippen molar-refractivity contribution in [2.75, 3.05) is 38.7 Å². The summed E-state index contributed by atoms with van der Waals surface area (Å²) in [6.45, 7) is 1.30. The molecular formula is C14H21ClN2O2S2. The number of benzene rings is 1. The van der Waals surface area contributed by atoms with Crippen LogP contribution in [0.5, 0.6) is 0 Å². The third kappa shape index (κ3) is 4.36. The number of hydrogen-bond donors (Lipinski definition) is 0. The van der Waals surface area contributed by atoms with Crippen LogP contribution in [0.1, 0.15) is 6.42 Å². The SMILES string of the molecule is CN(C)C[C@@H]1CSCCCN1S(=O)(=O)c1cccc(Cl)c1. The lowest BCUT2D eigenvalue weighted by Gasteiger charge is -2.30. The highest BCUT2D eigenvalue weighted by Gasteiger charge is 2.32. The molecule has 1 fully saturated rings. The van der Waals surface area contributed by atoms with Gasteiger partial charge >= 0.3 is 0 Å². The Morgan fingerprint density at radius 2 is 2.19 bits per heavy atom. The highest BCUT2D eigenvalue weighted by Crippen LogP contribution is 2.26. The number of thioether (sulfide) groups is 1. The number of hydrogen-bond acceptors (Lipinski definition) is 4. The van der Waals surface area contributed by atoms with E-state index in [2.05, 4.69) is 0 Å². The maximum Gasteiger partial charge on any atom is 0.243 e. The minimum absolute atomic E-state index is 0.00326. The van der Waals surface area contributed by atoms with Gasteiger partial charge in [-0.05, 0) is 44.5 Å². The Labute approximate surface area is 136 Å². The fourth-order valence-electron chi connectivity index (χ4n) is 2.45. The van der Waals surface area contributed by atoms with Crippen molar-refractivity contribution < 1.29 is 8.42 Å². The Morgan fingerprint density at radius 3 is 2.86 bits per heavy atom. The second-order valence-electron chi connectivity index (χ2n) is 5.42. The summed E-state index contributed by atoms with van der Waals surface area (Å²) in [6.07, 6.45) is 0.883. The molecule has 2 rings (SSSR count). The zero-order chi connectivity index (χ0) is 15.5. The summed E-state index contributed by atoms with van der Waals surface area (Å²) in [7, 11) is 0.450. The monoisotopic (exact) mass is 348 g/mol. The van der Waals surface area contributed by atoms with Crippen LogP contribution < -0.4 is 0 Å². The van der Waals surface area contributed by atoms with E-state index in [9.17, 15) is 8.42 Å². The highest BCUT2D eigenvalue weighted by molar-refractivity contribution is 7.99. The molecule has 1 aliphatic rings. The molecule has 0 aliphatic carbocycles. The van der Waals surface area contributed by atoms with Crippen molar-refractivity contribution in [1.82, 2.24) is 9.21 Å². The van der Waals surface area contributed by atoms with Crippen LogP contribution in [0.25, 0.3) is 0 Å². The Balaban J connectivity index is 2.34. The average molecular weight is 349 g/mol. The van der Waals surface area contributed by atoms with Crippen LogP contribution in [0.2, 0.25) is 5.02 Å². The van der Waals surface area contributed by atoms with Gasteiger partial charge < -0.3 is 4.90 Å². The molecule has 21 heavy (non-hydrogen) atoms. The minimum Gasteiger partial charge on any atom is -0.308 e. The Hall–Kier alpha value is -0.270. The van der Waals surface area contributed by atoms with Crippen LogP contribution >= 0.6 is 23.4 Å². The molecule has 1 aromatic rings. The van der Waals surface area contributed by atoms with Crippen LogP contribution in [0.15, 0.2) is 29.2 Å². The van der Waals surface area contributed by atoms with Crippen molar-refractivity contribution in [2.45, 2.75) is 17.4 Å². The predicted molar refractivity (Wildman–Crippen MR) is 89.6 cm³/mol. The van der Waals surface area contributed by atoms with E-state index in [-0.39, 0.29) is 10.9 Å². The second-order valence-corrected chi connectivity index (χ2v) is 8.89. The first-order valence-electron chi connectivity index (χ1n) is 6.91. The fourth-order valence-corrected chi connectivity index (χ4v) is 5.56. The van der Waals surface area contributed by atoms with E-state index in [4.69, 9.17) is 11.6 Å². The average Bonchev–Trinajstić information content (AvgIpc) is 2.64. The maximum atomic E-state index is 12.9. The van der Waals surface area contributed by atoms with Gasteiger partial charge in [-0.3, -0.25) is 0 Å². The molecule has 1 aliphatic heterocycles. The van der Waals surface area contributed by atoms with Crippen LogP contribution in [-0.2, 0) is 10.0 Å². The maximum absolute atomic E-state index is 12.9. The Morgan fingerprint density at radius 1 is 1.43 bits per heavy atom. The van der Waals surface area contributed by atoms with Gasteiger partial charge in [-0.1, -0.05) is 17.7 Å². The predicted octanol–water partition coefficient (Wildman–Crippen LogP) is 2.40. The van der Waals surface area contributed by atoms with Crippen LogP contribution in [0.3, 0.4) is 0 Å². The molecule has 0 N–H and O–H groups in total. The van der Waals surface area contributed by atoms with E-state index in [0.717, 1.165) is 24.5 Å². The zero-order valence-corrected chi connectivity index (χ0v) is 14.7. The largest absolute Gasteiger partial charge is 0.308 e. The smallest absolute Gasteiger partial charge is 0.243 e. The first kappa shape index (κ1) is 17.1. The summed E-state index contributed by atoms with van der Waals surface area (Å²) in [5, 5.41) is 0.449. The van der Waals surface area contributed by atoms with Gasteiger partial charge in [0, 0.05) is 29.9 Å². The second kappa shape index (κ2) is 7.33. The standard InChI is InChI=1S/C14H21ClN2O2S2/c1-16(2)10-13-11-20-8-4-7-17(13)21(18,19)14-6-3-5-12(15)9-14/h3,5-6,9,13H,4,7-8,10-11H2,1-2H3/t13-/m1/s1. The first-order chi connectivity index (χ1) is 9.91. The van der Waals surface area contributed by atoms with Gasteiger partial charge in [-0.2, -0.15) is 16.1 Å². The Bertz CT molecular complexity index is 578. The molecule has 0 aromatic heterocycles. The summed E-state index contributed by atoms with van der Waals surface area (Å²) >= 11 is 7.77. The zero-order valence-electron chi connectivity index (χ0n) is 12.3. The molecule has 1 saturated heterocycles. The molecule has 4 nitrogen and oxygen atoms in total. The van der Waals surface area contributed by atoms with Crippen molar-refractivity contribution in [3.05, 3.63) is 29.3 Å². The molecular weight excluding hydrogens is 328 g/mol. The Kier molecular flexibility index (Phi) is 5.96. The van der Waals surface area contributed by atoms with Gasteiger partial charge in [-0.15, -0.1) is 0 Å². The lowest BCUT2D eigenvalue weighted by atomic mass is 10.3. The number of likely N-dealkylation sites (N-methyl/N-ethyl adjacent to an activating group) is 1. The van der Waals surface area contributed by atoms with Crippen LogP contribution in [-0.4, -0.2) is 62.4 Å². The van der Waals surface area contributed by atoms with E-state index in [1.807, 2.05) is 30.8 Å². The normalized spacial score (nSPS) is 21.4. The van der Waals surface area contributed by atoms with E-state index in [1.165, 1.54) is 6.07 Å². The van der Waals surface area contributed by atoms with Crippen LogP contribution in [0, 0.1) is 0 Å². The summed E-state index contributed by atoms with van der Waals surface area (Å²) < 4.78 is 27.5. The molecule has 1 aromatic carbocycles. The van der Waals surface area contributed by atoms with E-state index >= 15 is 0 Å². The van der Waals surface area contributed by atoms with Crippen molar-refractivity contribution in [3.8, 4) is 0 Å². The van der Waals surface area contributed by atoms with Crippen LogP contribution in [0.4, 0.5) is 0 Å². The van der Waals surface area contributed by atoms with Gasteiger partial charge in [0.25, 0.3) is 0 Å². The number of rotatable bonds is 4. The lowest BCUT2D eigenvalue weighted by molar-refractivity contribution is 0.271. The van der Waals surface area contributed by atoms with E-state index in [0.29, 0.717) is 11.6 Å². The third-order valence-electron chi connectivity index (χ3n) is 3.36. The van der Waals surface area contributed by atoms with Crippen molar-refractivity contribution in [1.29, 1.82) is 0 Å². The molecule has 1 heterocycles. The van der Waals surface area contributed by atoms with Crippen molar-refractivity contribution in [2.24, 2.45) is 0 Å². The fraction of sp³-hybridized carbons (Fsp3) is 0.571. The quantitative estimate of drug-likeness (QED) is 0.837. The molecule has 0 bridgehead atoms. The summed E-state index contributed by atoms with van der Waals surface area (Å²) in [5.74, 6) is 1.84. The van der Waals surface area contributed by atoms with E-state index in [1.54, 1.807) is 22.5 Å². The first-order valence-corrected chi connectivity index (χ1v) is 9.88. The molecule has 0 saturated carbocycles. The molecule has 0 unspecified atom stereocenters. The van der Waals surface area contributed by atoms with Gasteiger partial charge in [0.2, 0.25) is 10.0 Å². The van der Waals surface area contributed by atoms with Gasteiger partial charge in [0.1, 0.15) is 0 Å². The minimum atomic E-state index is -3.49. The molecule has 0 radical (unpaired) electrons. The summed E-state index contributed by atoms with van der Waals surface area (Å²) in [4.78, 5) is 2.32. The number of nitrogens with zero attached hydrogens (tertiary/aromatic N) is 2. The van der Waals surface area contributed by atoms with Crippen molar-refractivity contribution in [3.63, 3.8) is 0 Å². The molecule has 0 amide bonds. The summed E-state index contributed by atoms with van der Waals surface area (Å²) in [6, 6.07) is 6.52. The third-order valence-corrected chi connectivity index (χ3v) is 6.74. The highest BCUT2D eigenvalue weighted by atomic mass is 35.5.